The van der Waals surface area contributed by atoms with Crippen LogP contribution in [0.3, 0.4) is 0 Å². The number of hydrogen-bond donors (Lipinski definition) is 0. The van der Waals surface area contributed by atoms with Gasteiger partial charge in [0.05, 0.1) is 11.6 Å². The molecule has 1 aliphatic rings. The summed E-state index contributed by atoms with van der Waals surface area (Å²) in [5.74, 6) is 0.774. The SMILES string of the molecule is O=C(CCCOc1ccccc1Cl)N1CCCN(C(=O)c2cccc3ccccc23)CC1. The zero-order valence-electron chi connectivity index (χ0n) is 18.0. The van der Waals surface area contributed by atoms with E-state index in [0.29, 0.717) is 56.4 Å². The van der Waals surface area contributed by atoms with Crippen LogP contribution in [0.2, 0.25) is 5.02 Å². The molecule has 1 saturated heterocycles. The molecule has 32 heavy (non-hydrogen) atoms. The number of ether oxygens (including phenoxy) is 1. The lowest BCUT2D eigenvalue weighted by Gasteiger charge is -2.23. The summed E-state index contributed by atoms with van der Waals surface area (Å²) in [7, 11) is 0. The minimum absolute atomic E-state index is 0.0317. The van der Waals surface area contributed by atoms with Gasteiger partial charge in [-0.25, -0.2) is 0 Å². The minimum Gasteiger partial charge on any atom is -0.492 e. The molecule has 0 radical (unpaired) electrons. The maximum atomic E-state index is 13.2. The number of hydrogen-bond acceptors (Lipinski definition) is 3. The van der Waals surface area contributed by atoms with Crippen LogP contribution in [0.5, 0.6) is 5.75 Å². The first-order valence-electron chi connectivity index (χ1n) is 11.1. The van der Waals surface area contributed by atoms with Gasteiger partial charge in [-0.05, 0) is 41.8 Å². The van der Waals surface area contributed by atoms with Gasteiger partial charge in [0.25, 0.3) is 5.91 Å². The molecule has 0 bridgehead atoms. The van der Waals surface area contributed by atoms with Gasteiger partial charge >= 0.3 is 0 Å². The predicted octanol–water partition coefficient (Wildman–Crippen LogP) is 5.03. The third kappa shape index (κ3) is 5.22. The molecule has 3 aromatic carbocycles. The molecule has 0 saturated carbocycles. The van der Waals surface area contributed by atoms with Gasteiger partial charge in [0.15, 0.2) is 0 Å². The van der Waals surface area contributed by atoms with E-state index in [0.717, 1.165) is 22.8 Å². The highest BCUT2D eigenvalue weighted by Gasteiger charge is 2.23. The Kier molecular flexibility index (Phi) is 7.28. The lowest BCUT2D eigenvalue weighted by Crippen LogP contribution is -2.37. The van der Waals surface area contributed by atoms with Gasteiger partial charge in [-0.3, -0.25) is 9.59 Å². The van der Waals surface area contributed by atoms with Gasteiger partial charge in [-0.2, -0.15) is 0 Å². The summed E-state index contributed by atoms with van der Waals surface area (Å²) in [5, 5.41) is 2.60. The molecule has 3 aromatic rings. The van der Waals surface area contributed by atoms with Crippen LogP contribution in [-0.2, 0) is 4.79 Å². The minimum atomic E-state index is 0.0317. The normalized spacial score (nSPS) is 14.3. The van der Waals surface area contributed by atoms with E-state index >= 15 is 0 Å². The molecule has 1 fully saturated rings. The second-order valence-corrected chi connectivity index (χ2v) is 8.34. The van der Waals surface area contributed by atoms with Crippen molar-refractivity contribution in [2.24, 2.45) is 0 Å². The van der Waals surface area contributed by atoms with Crippen LogP contribution in [0.15, 0.2) is 66.7 Å². The van der Waals surface area contributed by atoms with E-state index in [4.69, 9.17) is 16.3 Å². The van der Waals surface area contributed by atoms with Crippen LogP contribution in [-0.4, -0.2) is 54.4 Å². The molecule has 6 heteroatoms. The highest BCUT2D eigenvalue weighted by molar-refractivity contribution is 6.32. The number of fused-ring (bicyclic) bond motifs is 1. The predicted molar refractivity (Wildman–Crippen MR) is 127 cm³/mol. The van der Waals surface area contributed by atoms with Crippen LogP contribution < -0.4 is 4.74 Å². The third-order valence-electron chi connectivity index (χ3n) is 5.79. The second kappa shape index (κ2) is 10.5. The van der Waals surface area contributed by atoms with Crippen molar-refractivity contribution < 1.29 is 14.3 Å². The number of carbonyl (C=O) groups excluding carboxylic acids is 2. The van der Waals surface area contributed by atoms with Crippen LogP contribution in [0.1, 0.15) is 29.6 Å². The van der Waals surface area contributed by atoms with Gasteiger partial charge in [-0.15, -0.1) is 0 Å². The van der Waals surface area contributed by atoms with E-state index in [-0.39, 0.29) is 11.8 Å². The fraction of sp³-hybridized carbons (Fsp3) is 0.308. The summed E-state index contributed by atoms with van der Waals surface area (Å²) < 4.78 is 5.68. The number of halogens is 1. The van der Waals surface area contributed by atoms with Crippen LogP contribution in [0.4, 0.5) is 0 Å². The summed E-state index contributed by atoms with van der Waals surface area (Å²) in [4.78, 5) is 29.6. The van der Waals surface area contributed by atoms with Crippen molar-refractivity contribution in [3.63, 3.8) is 0 Å². The topological polar surface area (TPSA) is 49.9 Å². The molecule has 2 amide bonds. The molecule has 0 atom stereocenters. The van der Waals surface area contributed by atoms with E-state index in [2.05, 4.69) is 0 Å². The highest BCUT2D eigenvalue weighted by Crippen LogP contribution is 2.23. The Labute approximate surface area is 193 Å². The van der Waals surface area contributed by atoms with Gasteiger partial charge in [0.1, 0.15) is 5.75 Å². The van der Waals surface area contributed by atoms with Crippen molar-refractivity contribution in [2.75, 3.05) is 32.8 Å². The molecule has 4 rings (SSSR count). The third-order valence-corrected chi connectivity index (χ3v) is 6.10. The summed E-state index contributed by atoms with van der Waals surface area (Å²) >= 11 is 6.09. The number of benzene rings is 3. The van der Waals surface area contributed by atoms with Crippen molar-refractivity contribution in [1.82, 2.24) is 9.80 Å². The maximum absolute atomic E-state index is 13.2. The molecular weight excluding hydrogens is 424 g/mol. The fourth-order valence-electron chi connectivity index (χ4n) is 4.08. The van der Waals surface area contributed by atoms with Crippen molar-refractivity contribution >= 4 is 34.2 Å². The Morgan fingerprint density at radius 3 is 2.44 bits per heavy atom. The summed E-state index contributed by atoms with van der Waals surface area (Å²) in [6, 6.07) is 21.1. The Balaban J connectivity index is 1.29. The average Bonchev–Trinajstić information content (AvgIpc) is 3.08. The second-order valence-electron chi connectivity index (χ2n) is 7.94. The molecule has 1 heterocycles. The molecule has 1 aliphatic heterocycles. The zero-order chi connectivity index (χ0) is 22.3. The first-order valence-corrected chi connectivity index (χ1v) is 11.4. The Morgan fingerprint density at radius 1 is 0.844 bits per heavy atom. The monoisotopic (exact) mass is 450 g/mol. The average molecular weight is 451 g/mol. The zero-order valence-corrected chi connectivity index (χ0v) is 18.8. The van der Waals surface area contributed by atoms with Crippen LogP contribution in [0, 0.1) is 0 Å². The van der Waals surface area contributed by atoms with Gasteiger partial charge in [0.2, 0.25) is 5.91 Å². The Bertz CT molecular complexity index is 1100. The van der Waals surface area contributed by atoms with Crippen molar-refractivity contribution in [2.45, 2.75) is 19.3 Å². The standard InChI is InChI=1S/C26H27ClN2O3/c27-23-12-3-4-13-24(23)32-19-6-14-25(30)28-15-7-16-29(18-17-28)26(31)22-11-5-9-20-8-1-2-10-21(20)22/h1-5,8-13H,6-7,14-19H2. The first kappa shape index (κ1) is 22.2. The largest absolute Gasteiger partial charge is 0.492 e. The summed E-state index contributed by atoms with van der Waals surface area (Å²) in [6.07, 6.45) is 1.82. The summed E-state index contributed by atoms with van der Waals surface area (Å²) in [5.41, 5.74) is 0.722. The summed E-state index contributed by atoms with van der Waals surface area (Å²) in [6.45, 7) is 2.87. The molecular formula is C26H27ClN2O3. The molecule has 0 aliphatic carbocycles. The van der Waals surface area contributed by atoms with E-state index in [9.17, 15) is 9.59 Å². The Hall–Kier alpha value is -3.05. The van der Waals surface area contributed by atoms with E-state index in [1.807, 2.05) is 70.5 Å². The molecule has 0 N–H and O–H groups in total. The number of nitrogens with zero attached hydrogens (tertiary/aromatic N) is 2. The maximum Gasteiger partial charge on any atom is 0.254 e. The van der Waals surface area contributed by atoms with E-state index in [1.54, 1.807) is 6.07 Å². The highest BCUT2D eigenvalue weighted by atomic mass is 35.5. The molecule has 5 nitrogen and oxygen atoms in total. The molecule has 0 unspecified atom stereocenters. The number of rotatable bonds is 6. The van der Waals surface area contributed by atoms with Gasteiger partial charge in [0, 0.05) is 38.2 Å². The van der Waals surface area contributed by atoms with Crippen molar-refractivity contribution in [3.8, 4) is 5.75 Å². The van der Waals surface area contributed by atoms with Crippen molar-refractivity contribution in [3.05, 3.63) is 77.3 Å². The molecule has 166 valence electrons. The van der Waals surface area contributed by atoms with Gasteiger partial charge < -0.3 is 14.5 Å². The first-order chi connectivity index (χ1) is 15.6. The lowest BCUT2D eigenvalue weighted by atomic mass is 10.0. The molecule has 0 spiro atoms. The van der Waals surface area contributed by atoms with Crippen LogP contribution in [0.25, 0.3) is 10.8 Å². The van der Waals surface area contributed by atoms with E-state index in [1.165, 1.54) is 0 Å². The molecule has 0 aromatic heterocycles. The number of carbonyl (C=O) groups is 2. The Morgan fingerprint density at radius 2 is 1.56 bits per heavy atom. The van der Waals surface area contributed by atoms with E-state index < -0.39 is 0 Å². The quantitative estimate of drug-likeness (QED) is 0.495. The smallest absolute Gasteiger partial charge is 0.254 e. The van der Waals surface area contributed by atoms with Crippen molar-refractivity contribution in [1.29, 1.82) is 0 Å². The van der Waals surface area contributed by atoms with Gasteiger partial charge in [-0.1, -0.05) is 60.1 Å². The lowest BCUT2D eigenvalue weighted by molar-refractivity contribution is -0.131. The number of amides is 2. The number of para-hydroxylation sites is 1. The fourth-order valence-corrected chi connectivity index (χ4v) is 4.27. The van der Waals surface area contributed by atoms with Crippen LogP contribution >= 0.6 is 11.6 Å².